The Morgan fingerprint density at radius 2 is 2.32 bits per heavy atom. The van der Waals surface area contributed by atoms with E-state index in [-0.39, 0.29) is 6.10 Å². The number of benzene rings is 1. The zero-order valence-corrected chi connectivity index (χ0v) is 11.5. The lowest BCUT2D eigenvalue weighted by Gasteiger charge is -2.15. The van der Waals surface area contributed by atoms with Gasteiger partial charge in [-0.05, 0) is 31.5 Å². The van der Waals surface area contributed by atoms with Crippen molar-refractivity contribution in [2.24, 2.45) is 5.16 Å². The van der Waals surface area contributed by atoms with Gasteiger partial charge in [-0.2, -0.15) is 0 Å². The van der Waals surface area contributed by atoms with Crippen LogP contribution in [0.3, 0.4) is 0 Å². The Balaban J connectivity index is 1.86. The molecule has 1 saturated heterocycles. The Kier molecular flexibility index (Phi) is 4.52. The van der Waals surface area contributed by atoms with Gasteiger partial charge in [-0.3, -0.25) is 0 Å². The molecule has 1 aromatic carbocycles. The van der Waals surface area contributed by atoms with Crippen LogP contribution >= 0.6 is 0 Å². The summed E-state index contributed by atoms with van der Waals surface area (Å²) in [5, 5.41) is 3.92. The van der Waals surface area contributed by atoms with Crippen LogP contribution in [0.25, 0.3) is 0 Å². The molecule has 0 spiro atoms. The van der Waals surface area contributed by atoms with E-state index in [1.807, 2.05) is 38.1 Å². The van der Waals surface area contributed by atoms with Crippen LogP contribution in [-0.2, 0) is 20.8 Å². The van der Waals surface area contributed by atoms with Crippen molar-refractivity contribution in [3.05, 3.63) is 29.8 Å². The van der Waals surface area contributed by atoms with Crippen LogP contribution in [-0.4, -0.2) is 31.8 Å². The first kappa shape index (κ1) is 14.0. The third-order valence-electron chi connectivity index (χ3n) is 2.63. The Bertz CT molecular complexity index is 445. The van der Waals surface area contributed by atoms with E-state index in [2.05, 4.69) is 5.16 Å². The summed E-state index contributed by atoms with van der Waals surface area (Å²) < 4.78 is 16.1. The Morgan fingerprint density at radius 1 is 1.47 bits per heavy atom. The number of ether oxygens (including phenoxy) is 3. The molecule has 2 rings (SSSR count). The van der Waals surface area contributed by atoms with Crippen LogP contribution in [0.1, 0.15) is 19.4 Å². The van der Waals surface area contributed by atoms with E-state index in [1.54, 1.807) is 13.3 Å². The van der Waals surface area contributed by atoms with Crippen LogP contribution in [0.4, 0.5) is 0 Å². The molecule has 0 radical (unpaired) electrons. The second-order valence-electron chi connectivity index (χ2n) is 4.79. The zero-order chi connectivity index (χ0) is 13.7. The Morgan fingerprint density at radius 3 is 3.00 bits per heavy atom. The molecular formula is C14H19NO4. The predicted molar refractivity (Wildman–Crippen MR) is 71.2 cm³/mol. The summed E-state index contributed by atoms with van der Waals surface area (Å²) in [6.45, 7) is 4.78. The van der Waals surface area contributed by atoms with Crippen LogP contribution in [0.5, 0.6) is 5.75 Å². The van der Waals surface area contributed by atoms with Gasteiger partial charge in [-0.25, -0.2) is 0 Å². The fourth-order valence-electron chi connectivity index (χ4n) is 1.81. The van der Waals surface area contributed by atoms with E-state index in [1.165, 1.54) is 0 Å². The first-order chi connectivity index (χ1) is 9.09. The summed E-state index contributed by atoms with van der Waals surface area (Å²) in [5.41, 5.74) is 1.04. The lowest BCUT2D eigenvalue weighted by Crippen LogP contribution is -2.22. The molecule has 1 heterocycles. The molecule has 1 fully saturated rings. The van der Waals surface area contributed by atoms with Gasteiger partial charge in [0.05, 0.1) is 19.4 Å². The highest BCUT2D eigenvalue weighted by molar-refractivity contribution is 5.63. The minimum absolute atomic E-state index is 0.169. The van der Waals surface area contributed by atoms with E-state index in [9.17, 15) is 0 Å². The van der Waals surface area contributed by atoms with Gasteiger partial charge in [0.2, 0.25) is 0 Å². The van der Waals surface area contributed by atoms with Crippen molar-refractivity contribution in [3.8, 4) is 5.75 Å². The molecule has 0 bridgehead atoms. The number of rotatable bonds is 5. The van der Waals surface area contributed by atoms with Gasteiger partial charge in [-0.15, -0.1) is 0 Å². The molecule has 5 nitrogen and oxygen atoms in total. The maximum atomic E-state index is 5.58. The normalized spacial score (nSPS) is 21.9. The highest BCUT2D eigenvalue weighted by Crippen LogP contribution is 2.21. The fraction of sp³-hybridized carbons (Fsp3) is 0.500. The SMILES string of the molecule is COCc1cccc(ON=C[C@@H]2COC(C)(C)O2)c1. The summed E-state index contributed by atoms with van der Waals surface area (Å²) in [7, 11) is 1.66. The maximum Gasteiger partial charge on any atom is 0.163 e. The third-order valence-corrected chi connectivity index (χ3v) is 2.63. The minimum Gasteiger partial charge on any atom is -0.380 e. The van der Waals surface area contributed by atoms with Crippen molar-refractivity contribution >= 4 is 6.21 Å². The fourth-order valence-corrected chi connectivity index (χ4v) is 1.81. The molecule has 0 aromatic heterocycles. The summed E-state index contributed by atoms with van der Waals surface area (Å²) in [6, 6.07) is 7.59. The smallest absolute Gasteiger partial charge is 0.163 e. The van der Waals surface area contributed by atoms with Crippen molar-refractivity contribution in [1.82, 2.24) is 0 Å². The Labute approximate surface area is 113 Å². The summed E-state index contributed by atoms with van der Waals surface area (Å²) in [6.07, 6.45) is 1.44. The molecule has 1 aromatic rings. The van der Waals surface area contributed by atoms with Crippen LogP contribution in [0.15, 0.2) is 29.4 Å². The van der Waals surface area contributed by atoms with Gasteiger partial charge in [-0.1, -0.05) is 17.3 Å². The second-order valence-corrected chi connectivity index (χ2v) is 4.79. The van der Waals surface area contributed by atoms with Gasteiger partial charge in [0, 0.05) is 7.11 Å². The lowest BCUT2D eigenvalue weighted by atomic mass is 10.2. The number of nitrogens with zero attached hydrogens (tertiary/aromatic N) is 1. The lowest BCUT2D eigenvalue weighted by molar-refractivity contribution is -0.131. The van der Waals surface area contributed by atoms with Gasteiger partial charge in [0.1, 0.15) is 6.10 Å². The number of hydrogen-bond donors (Lipinski definition) is 0. The molecule has 104 valence electrons. The molecular weight excluding hydrogens is 246 g/mol. The molecule has 1 aliphatic heterocycles. The van der Waals surface area contributed by atoms with Crippen molar-refractivity contribution < 1.29 is 19.0 Å². The number of methoxy groups -OCH3 is 1. The van der Waals surface area contributed by atoms with E-state index in [0.29, 0.717) is 19.0 Å². The molecule has 0 saturated carbocycles. The monoisotopic (exact) mass is 265 g/mol. The van der Waals surface area contributed by atoms with Crippen molar-refractivity contribution in [1.29, 1.82) is 0 Å². The molecule has 19 heavy (non-hydrogen) atoms. The number of oxime groups is 1. The number of hydrogen-bond acceptors (Lipinski definition) is 5. The first-order valence-corrected chi connectivity index (χ1v) is 6.19. The van der Waals surface area contributed by atoms with Crippen LogP contribution in [0.2, 0.25) is 0 Å². The van der Waals surface area contributed by atoms with Gasteiger partial charge >= 0.3 is 0 Å². The van der Waals surface area contributed by atoms with Gasteiger partial charge in [0.25, 0.3) is 0 Å². The molecule has 0 amide bonds. The summed E-state index contributed by atoms with van der Waals surface area (Å²) in [4.78, 5) is 5.30. The first-order valence-electron chi connectivity index (χ1n) is 6.19. The molecule has 0 aliphatic carbocycles. The predicted octanol–water partition coefficient (Wildman–Crippen LogP) is 2.35. The average molecular weight is 265 g/mol. The highest BCUT2D eigenvalue weighted by atomic mass is 16.7. The van der Waals surface area contributed by atoms with E-state index in [0.717, 1.165) is 5.56 Å². The average Bonchev–Trinajstić information content (AvgIpc) is 2.70. The van der Waals surface area contributed by atoms with E-state index < -0.39 is 5.79 Å². The van der Waals surface area contributed by atoms with Gasteiger partial charge < -0.3 is 19.0 Å². The maximum absolute atomic E-state index is 5.58. The third kappa shape index (κ3) is 4.31. The van der Waals surface area contributed by atoms with Gasteiger partial charge in [0.15, 0.2) is 11.5 Å². The summed E-state index contributed by atoms with van der Waals surface area (Å²) >= 11 is 0. The molecule has 0 N–H and O–H groups in total. The Hall–Kier alpha value is -1.43. The minimum atomic E-state index is -0.547. The van der Waals surface area contributed by atoms with Crippen molar-refractivity contribution in [2.75, 3.05) is 13.7 Å². The van der Waals surface area contributed by atoms with E-state index >= 15 is 0 Å². The quantitative estimate of drug-likeness (QED) is 0.605. The van der Waals surface area contributed by atoms with Crippen LogP contribution < -0.4 is 4.84 Å². The van der Waals surface area contributed by atoms with Crippen LogP contribution in [0, 0.1) is 0 Å². The van der Waals surface area contributed by atoms with E-state index in [4.69, 9.17) is 19.0 Å². The van der Waals surface area contributed by atoms with Crippen molar-refractivity contribution in [2.45, 2.75) is 32.3 Å². The molecule has 5 heteroatoms. The molecule has 1 aliphatic rings. The second kappa shape index (κ2) is 6.14. The standard InChI is InChI=1S/C14H19NO4/c1-14(2)17-10-13(18-14)8-15-19-12-6-4-5-11(7-12)9-16-3/h4-8,13H,9-10H2,1-3H3/t13-/m1/s1. The summed E-state index contributed by atoms with van der Waals surface area (Å²) in [5.74, 6) is 0.124. The zero-order valence-electron chi connectivity index (χ0n) is 11.5. The van der Waals surface area contributed by atoms with Crippen molar-refractivity contribution in [3.63, 3.8) is 0 Å². The largest absolute Gasteiger partial charge is 0.380 e. The molecule has 1 atom stereocenters. The molecule has 0 unspecified atom stereocenters. The topological polar surface area (TPSA) is 49.3 Å². The highest BCUT2D eigenvalue weighted by Gasteiger charge is 2.31.